The van der Waals surface area contributed by atoms with Gasteiger partial charge in [0, 0.05) is 18.7 Å². The van der Waals surface area contributed by atoms with Crippen molar-refractivity contribution in [2.45, 2.75) is 27.3 Å². The number of rotatable bonds is 3. The average molecular weight is 213 g/mol. The van der Waals surface area contributed by atoms with E-state index in [0.717, 1.165) is 12.6 Å². The molecule has 0 amide bonds. The van der Waals surface area contributed by atoms with Gasteiger partial charge in [0.1, 0.15) is 0 Å². The Kier molecular flexibility index (Phi) is 3.80. The summed E-state index contributed by atoms with van der Waals surface area (Å²) in [6, 6.07) is 4.24. The van der Waals surface area contributed by atoms with Gasteiger partial charge in [0.2, 0.25) is 0 Å². The van der Waals surface area contributed by atoms with Crippen LogP contribution in [0.1, 0.15) is 26.3 Å². The van der Waals surface area contributed by atoms with E-state index in [1.807, 2.05) is 0 Å². The van der Waals surface area contributed by atoms with E-state index in [4.69, 9.17) is 0 Å². The highest BCUT2D eigenvalue weighted by Gasteiger charge is 2.11. The highest BCUT2D eigenvalue weighted by atomic mass is 19.2. The van der Waals surface area contributed by atoms with E-state index in [0.29, 0.717) is 12.1 Å². The van der Waals surface area contributed by atoms with Crippen LogP contribution in [0.5, 0.6) is 0 Å². The molecule has 0 aliphatic heterocycles. The van der Waals surface area contributed by atoms with Gasteiger partial charge in [-0.25, -0.2) is 8.78 Å². The number of hydrogen-bond acceptors (Lipinski definition) is 1. The molecule has 1 aromatic carbocycles. The molecular weight excluding hydrogens is 196 g/mol. The van der Waals surface area contributed by atoms with Crippen molar-refractivity contribution in [3.8, 4) is 0 Å². The quantitative estimate of drug-likeness (QED) is 0.813. The Morgan fingerprint density at radius 3 is 2.47 bits per heavy atom. The van der Waals surface area contributed by atoms with Crippen molar-refractivity contribution in [1.82, 2.24) is 5.32 Å². The summed E-state index contributed by atoms with van der Waals surface area (Å²) in [6.07, 6.45) is 0. The Morgan fingerprint density at radius 1 is 1.20 bits per heavy atom. The van der Waals surface area contributed by atoms with Crippen LogP contribution in [0.4, 0.5) is 8.78 Å². The van der Waals surface area contributed by atoms with Gasteiger partial charge in [0.05, 0.1) is 0 Å². The fraction of sp³-hybridized carbons (Fsp3) is 0.500. The van der Waals surface area contributed by atoms with E-state index in [9.17, 15) is 8.78 Å². The third kappa shape index (κ3) is 3.96. The molecule has 0 fully saturated rings. The second-order valence-corrected chi connectivity index (χ2v) is 4.88. The zero-order valence-corrected chi connectivity index (χ0v) is 9.40. The molecule has 0 radical (unpaired) electrons. The lowest BCUT2D eigenvalue weighted by Gasteiger charge is -2.18. The van der Waals surface area contributed by atoms with Gasteiger partial charge in [-0.1, -0.05) is 32.9 Å². The van der Waals surface area contributed by atoms with E-state index in [2.05, 4.69) is 26.1 Å². The van der Waals surface area contributed by atoms with Crippen LogP contribution in [0.2, 0.25) is 0 Å². The van der Waals surface area contributed by atoms with Crippen LogP contribution in [0, 0.1) is 17.0 Å². The second-order valence-electron chi connectivity index (χ2n) is 4.88. The monoisotopic (exact) mass is 213 g/mol. The van der Waals surface area contributed by atoms with E-state index in [1.54, 1.807) is 6.07 Å². The van der Waals surface area contributed by atoms with Gasteiger partial charge in [0.25, 0.3) is 0 Å². The lowest BCUT2D eigenvalue weighted by Crippen LogP contribution is -2.26. The highest BCUT2D eigenvalue weighted by Crippen LogP contribution is 2.13. The topological polar surface area (TPSA) is 12.0 Å². The minimum absolute atomic E-state index is 0.143. The normalized spacial score (nSPS) is 11.8. The lowest BCUT2D eigenvalue weighted by molar-refractivity contribution is 0.376. The summed E-state index contributed by atoms with van der Waals surface area (Å²) in [6.45, 7) is 7.38. The van der Waals surface area contributed by atoms with E-state index >= 15 is 0 Å². The molecule has 1 N–H and O–H groups in total. The molecule has 0 bridgehead atoms. The number of benzene rings is 1. The minimum Gasteiger partial charge on any atom is -0.312 e. The van der Waals surface area contributed by atoms with Crippen LogP contribution in [-0.4, -0.2) is 6.54 Å². The maximum Gasteiger partial charge on any atom is 0.163 e. The highest BCUT2D eigenvalue weighted by molar-refractivity contribution is 5.18. The SMILES string of the molecule is CC(C)(C)CNCc1cccc(F)c1F. The van der Waals surface area contributed by atoms with Crippen molar-refractivity contribution in [3.05, 3.63) is 35.4 Å². The van der Waals surface area contributed by atoms with Crippen molar-refractivity contribution in [2.75, 3.05) is 6.54 Å². The molecule has 0 spiro atoms. The third-order valence-corrected chi connectivity index (χ3v) is 2.00. The molecule has 0 saturated carbocycles. The largest absolute Gasteiger partial charge is 0.312 e. The van der Waals surface area contributed by atoms with Gasteiger partial charge in [-0.05, 0) is 11.5 Å². The standard InChI is InChI=1S/C12H17F2N/c1-12(2,3)8-15-7-9-5-4-6-10(13)11(9)14/h4-6,15H,7-8H2,1-3H3. The fourth-order valence-electron chi connectivity index (χ4n) is 1.26. The van der Waals surface area contributed by atoms with Gasteiger partial charge in [0.15, 0.2) is 11.6 Å². The summed E-state index contributed by atoms with van der Waals surface area (Å²) < 4.78 is 26.0. The first-order valence-corrected chi connectivity index (χ1v) is 5.04. The summed E-state index contributed by atoms with van der Waals surface area (Å²) in [5.74, 6) is -1.54. The molecular formula is C12H17F2N. The predicted octanol–water partition coefficient (Wildman–Crippen LogP) is 3.10. The van der Waals surface area contributed by atoms with Crippen molar-refractivity contribution in [3.63, 3.8) is 0 Å². The van der Waals surface area contributed by atoms with Crippen LogP contribution in [-0.2, 0) is 6.54 Å². The Balaban J connectivity index is 2.55. The number of hydrogen-bond donors (Lipinski definition) is 1. The Labute approximate surface area is 89.5 Å². The molecule has 1 nitrogen and oxygen atoms in total. The molecule has 0 saturated heterocycles. The zero-order valence-electron chi connectivity index (χ0n) is 9.40. The summed E-state index contributed by atoms with van der Waals surface area (Å²) in [5, 5.41) is 3.10. The van der Waals surface area contributed by atoms with Gasteiger partial charge in [-0.2, -0.15) is 0 Å². The molecule has 0 aliphatic carbocycles. The molecule has 1 rings (SSSR count). The molecule has 0 atom stereocenters. The summed E-state index contributed by atoms with van der Waals surface area (Å²) in [5.41, 5.74) is 0.517. The lowest BCUT2D eigenvalue weighted by atomic mass is 9.97. The number of nitrogens with one attached hydrogen (secondary N) is 1. The van der Waals surface area contributed by atoms with Crippen LogP contribution < -0.4 is 5.32 Å². The Morgan fingerprint density at radius 2 is 1.87 bits per heavy atom. The Bertz CT molecular complexity index is 329. The number of halogens is 2. The van der Waals surface area contributed by atoms with Crippen LogP contribution in [0.25, 0.3) is 0 Å². The molecule has 84 valence electrons. The molecule has 0 heterocycles. The van der Waals surface area contributed by atoms with Crippen molar-refractivity contribution in [1.29, 1.82) is 0 Å². The molecule has 0 aliphatic rings. The first-order chi connectivity index (χ1) is 6.90. The van der Waals surface area contributed by atoms with Crippen molar-refractivity contribution in [2.24, 2.45) is 5.41 Å². The molecule has 3 heteroatoms. The third-order valence-electron chi connectivity index (χ3n) is 2.00. The molecule has 0 unspecified atom stereocenters. The molecule has 1 aromatic rings. The minimum atomic E-state index is -0.787. The van der Waals surface area contributed by atoms with Gasteiger partial charge < -0.3 is 5.32 Å². The summed E-state index contributed by atoms with van der Waals surface area (Å²) in [4.78, 5) is 0. The van der Waals surface area contributed by atoms with Crippen LogP contribution in [0.3, 0.4) is 0 Å². The fourth-order valence-corrected chi connectivity index (χ4v) is 1.26. The average Bonchev–Trinajstić information content (AvgIpc) is 2.10. The van der Waals surface area contributed by atoms with Crippen LogP contribution >= 0.6 is 0 Å². The maximum atomic E-state index is 13.2. The first kappa shape index (κ1) is 12.1. The smallest absolute Gasteiger partial charge is 0.163 e. The maximum absolute atomic E-state index is 13.2. The first-order valence-electron chi connectivity index (χ1n) is 5.04. The van der Waals surface area contributed by atoms with Crippen molar-refractivity contribution < 1.29 is 8.78 Å². The summed E-state index contributed by atoms with van der Waals surface area (Å²) >= 11 is 0. The Hall–Kier alpha value is -0.960. The van der Waals surface area contributed by atoms with Gasteiger partial charge >= 0.3 is 0 Å². The van der Waals surface area contributed by atoms with E-state index in [-0.39, 0.29) is 5.41 Å². The van der Waals surface area contributed by atoms with Gasteiger partial charge in [-0.3, -0.25) is 0 Å². The second kappa shape index (κ2) is 4.71. The molecule has 0 aromatic heterocycles. The van der Waals surface area contributed by atoms with Crippen LogP contribution in [0.15, 0.2) is 18.2 Å². The predicted molar refractivity (Wildman–Crippen MR) is 57.5 cm³/mol. The summed E-state index contributed by atoms with van der Waals surface area (Å²) in [7, 11) is 0. The zero-order chi connectivity index (χ0) is 11.5. The van der Waals surface area contributed by atoms with Gasteiger partial charge in [-0.15, -0.1) is 0 Å². The molecule has 15 heavy (non-hydrogen) atoms. The van der Waals surface area contributed by atoms with E-state index < -0.39 is 11.6 Å². The van der Waals surface area contributed by atoms with Crippen molar-refractivity contribution >= 4 is 0 Å². The van der Waals surface area contributed by atoms with E-state index in [1.165, 1.54) is 6.07 Å².